The maximum atomic E-state index is 6.60. The van der Waals surface area contributed by atoms with E-state index in [1.165, 1.54) is 38.2 Å². The molecule has 2 aromatic heterocycles. The molecule has 0 radical (unpaired) electrons. The zero-order valence-electron chi connectivity index (χ0n) is 22.7. The lowest BCUT2D eigenvalue weighted by Crippen LogP contribution is -1.91. The van der Waals surface area contributed by atoms with Crippen LogP contribution in [0.25, 0.3) is 88.0 Å². The van der Waals surface area contributed by atoms with E-state index >= 15 is 0 Å². The molecule has 42 heavy (non-hydrogen) atoms. The summed E-state index contributed by atoms with van der Waals surface area (Å²) >= 11 is 0. The van der Waals surface area contributed by atoms with Gasteiger partial charge < -0.3 is 8.83 Å². The molecule has 0 aliphatic carbocycles. The first kappa shape index (κ1) is 23.1. The van der Waals surface area contributed by atoms with Crippen LogP contribution >= 0.6 is 0 Å². The van der Waals surface area contributed by atoms with Gasteiger partial charge in [0, 0.05) is 21.7 Å². The van der Waals surface area contributed by atoms with Crippen LogP contribution in [0.2, 0.25) is 0 Å². The fourth-order valence-corrected chi connectivity index (χ4v) is 6.67. The quantitative estimate of drug-likeness (QED) is 0.210. The molecule has 2 heterocycles. The van der Waals surface area contributed by atoms with Gasteiger partial charge in [-0.3, -0.25) is 0 Å². The molecule has 9 aromatic rings. The van der Waals surface area contributed by atoms with Crippen molar-refractivity contribution < 1.29 is 8.83 Å². The van der Waals surface area contributed by atoms with Crippen molar-refractivity contribution in [1.82, 2.24) is 0 Å². The Bertz CT molecular complexity index is 2390. The number of hydrogen-bond donors (Lipinski definition) is 0. The Kier molecular flexibility index (Phi) is 4.93. The van der Waals surface area contributed by atoms with Gasteiger partial charge in [-0.15, -0.1) is 0 Å². The van der Waals surface area contributed by atoms with E-state index in [0.29, 0.717) is 0 Å². The Hall–Kier alpha value is -5.60. The maximum Gasteiger partial charge on any atom is 0.179 e. The molecule has 0 unspecified atom stereocenters. The van der Waals surface area contributed by atoms with Crippen molar-refractivity contribution in [3.63, 3.8) is 0 Å². The minimum absolute atomic E-state index is 0.776. The Morgan fingerprint density at radius 3 is 1.55 bits per heavy atom. The zero-order valence-corrected chi connectivity index (χ0v) is 22.7. The van der Waals surface area contributed by atoms with Crippen LogP contribution in [0.4, 0.5) is 0 Å². The number of para-hydroxylation sites is 1. The van der Waals surface area contributed by atoms with E-state index in [2.05, 4.69) is 115 Å². The molecule has 0 saturated carbocycles. The van der Waals surface area contributed by atoms with Crippen molar-refractivity contribution in [2.45, 2.75) is 0 Å². The SMILES string of the molecule is c1ccc(-c2cc3cc(-c4c5ccccc5c(-c5ccccc5)c5ccccc45)c4c5ccccc5oc4c3o2)cc1. The van der Waals surface area contributed by atoms with Crippen LogP contribution in [0.1, 0.15) is 0 Å². The van der Waals surface area contributed by atoms with Gasteiger partial charge in [-0.2, -0.15) is 0 Å². The molecule has 0 amide bonds. The largest absolute Gasteiger partial charge is 0.452 e. The number of hydrogen-bond acceptors (Lipinski definition) is 2. The lowest BCUT2D eigenvalue weighted by atomic mass is 9.84. The minimum Gasteiger partial charge on any atom is -0.452 e. The topological polar surface area (TPSA) is 26.3 Å². The number of furan rings is 2. The molecule has 196 valence electrons. The lowest BCUT2D eigenvalue weighted by Gasteiger charge is -2.18. The molecule has 2 nitrogen and oxygen atoms in total. The van der Waals surface area contributed by atoms with Crippen LogP contribution in [0, 0.1) is 0 Å². The van der Waals surface area contributed by atoms with Gasteiger partial charge in [0.25, 0.3) is 0 Å². The Morgan fingerprint density at radius 2 is 0.905 bits per heavy atom. The van der Waals surface area contributed by atoms with E-state index in [1.807, 2.05) is 30.3 Å². The first-order chi connectivity index (χ1) is 20.8. The Morgan fingerprint density at radius 1 is 0.381 bits per heavy atom. The van der Waals surface area contributed by atoms with Gasteiger partial charge in [0.15, 0.2) is 11.2 Å². The van der Waals surface area contributed by atoms with Crippen LogP contribution in [0.5, 0.6) is 0 Å². The molecular weight excluding hydrogens is 512 g/mol. The third-order valence-corrected chi connectivity index (χ3v) is 8.45. The summed E-state index contributed by atoms with van der Waals surface area (Å²) in [6.45, 7) is 0. The van der Waals surface area contributed by atoms with Crippen molar-refractivity contribution in [3.05, 3.63) is 146 Å². The minimum atomic E-state index is 0.776. The summed E-state index contributed by atoms with van der Waals surface area (Å²) in [5.74, 6) is 0.832. The highest BCUT2D eigenvalue weighted by atomic mass is 16.4. The van der Waals surface area contributed by atoms with Gasteiger partial charge in [0.05, 0.1) is 0 Å². The fourth-order valence-electron chi connectivity index (χ4n) is 6.67. The van der Waals surface area contributed by atoms with Gasteiger partial charge in [-0.1, -0.05) is 127 Å². The molecule has 0 N–H and O–H groups in total. The van der Waals surface area contributed by atoms with Crippen LogP contribution in [-0.2, 0) is 0 Å². The fraction of sp³-hybridized carbons (Fsp3) is 0. The summed E-state index contributed by atoms with van der Waals surface area (Å²) < 4.78 is 13.1. The predicted molar refractivity (Wildman–Crippen MR) is 175 cm³/mol. The second kappa shape index (κ2) is 8.95. The summed E-state index contributed by atoms with van der Waals surface area (Å²) in [4.78, 5) is 0. The average molecular weight is 537 g/mol. The van der Waals surface area contributed by atoms with Gasteiger partial charge in [-0.05, 0) is 62.0 Å². The molecule has 0 spiro atoms. The second-order valence-electron chi connectivity index (χ2n) is 10.8. The van der Waals surface area contributed by atoms with Crippen LogP contribution in [-0.4, -0.2) is 0 Å². The first-order valence-electron chi connectivity index (χ1n) is 14.3. The van der Waals surface area contributed by atoms with Crippen LogP contribution < -0.4 is 0 Å². The number of fused-ring (bicyclic) bond motifs is 7. The summed E-state index contributed by atoms with van der Waals surface area (Å²) in [5, 5.41) is 8.08. The van der Waals surface area contributed by atoms with Crippen LogP contribution in [0.3, 0.4) is 0 Å². The molecule has 0 aliphatic heterocycles. The molecule has 0 aliphatic rings. The summed E-state index contributed by atoms with van der Waals surface area (Å²) in [6, 6.07) is 51.3. The Balaban J connectivity index is 1.48. The molecule has 0 atom stereocenters. The maximum absolute atomic E-state index is 6.60. The van der Waals surface area contributed by atoms with E-state index in [0.717, 1.165) is 49.8 Å². The monoisotopic (exact) mass is 536 g/mol. The molecular formula is C40H24O2. The molecule has 9 rings (SSSR count). The van der Waals surface area contributed by atoms with Crippen molar-refractivity contribution >= 4 is 54.5 Å². The van der Waals surface area contributed by atoms with E-state index in [1.54, 1.807) is 0 Å². The van der Waals surface area contributed by atoms with Crippen LogP contribution in [0.15, 0.2) is 154 Å². The van der Waals surface area contributed by atoms with Gasteiger partial charge in [0.1, 0.15) is 11.3 Å². The Labute approximate surface area is 242 Å². The predicted octanol–water partition coefficient (Wildman–Crippen LogP) is 11.6. The van der Waals surface area contributed by atoms with E-state index in [4.69, 9.17) is 8.83 Å². The van der Waals surface area contributed by atoms with Crippen molar-refractivity contribution in [2.75, 3.05) is 0 Å². The van der Waals surface area contributed by atoms with Crippen molar-refractivity contribution in [3.8, 4) is 33.6 Å². The summed E-state index contributed by atoms with van der Waals surface area (Å²) in [7, 11) is 0. The highest BCUT2D eigenvalue weighted by Gasteiger charge is 2.23. The van der Waals surface area contributed by atoms with E-state index in [9.17, 15) is 0 Å². The third-order valence-electron chi connectivity index (χ3n) is 8.45. The van der Waals surface area contributed by atoms with Gasteiger partial charge >= 0.3 is 0 Å². The number of benzene rings is 7. The lowest BCUT2D eigenvalue weighted by molar-refractivity contribution is 0.611. The normalized spacial score (nSPS) is 11.8. The highest BCUT2D eigenvalue weighted by Crippen LogP contribution is 2.49. The third kappa shape index (κ3) is 3.33. The number of rotatable bonds is 3. The molecule has 0 bridgehead atoms. The van der Waals surface area contributed by atoms with Crippen molar-refractivity contribution in [2.24, 2.45) is 0 Å². The zero-order chi connectivity index (χ0) is 27.6. The summed E-state index contributed by atoms with van der Waals surface area (Å²) in [6.07, 6.45) is 0. The molecule has 2 heteroatoms. The standard InChI is InChI=1S/C40H24O2/c1-3-13-25(14-4-1)35-24-27-23-33(38-32-21-11-12-22-34(32)41-40(38)39(27)42-35)37-30-19-9-7-17-28(30)36(26-15-5-2-6-16-26)29-18-8-10-20-31(29)37/h1-24H. The van der Waals surface area contributed by atoms with E-state index < -0.39 is 0 Å². The van der Waals surface area contributed by atoms with E-state index in [-0.39, 0.29) is 0 Å². The first-order valence-corrected chi connectivity index (χ1v) is 14.3. The highest BCUT2D eigenvalue weighted by molar-refractivity contribution is 6.28. The summed E-state index contributed by atoms with van der Waals surface area (Å²) in [5.41, 5.74) is 8.29. The van der Waals surface area contributed by atoms with Gasteiger partial charge in [-0.25, -0.2) is 0 Å². The smallest absolute Gasteiger partial charge is 0.179 e. The molecule has 7 aromatic carbocycles. The second-order valence-corrected chi connectivity index (χ2v) is 10.8. The average Bonchev–Trinajstić information content (AvgIpc) is 3.66. The molecule has 0 saturated heterocycles. The van der Waals surface area contributed by atoms with Gasteiger partial charge in [0.2, 0.25) is 0 Å². The van der Waals surface area contributed by atoms with Crippen molar-refractivity contribution in [1.29, 1.82) is 0 Å². The molecule has 0 fully saturated rings.